The fourth-order valence-corrected chi connectivity index (χ4v) is 2.79. The van der Waals surface area contributed by atoms with Crippen molar-refractivity contribution in [3.8, 4) is 0 Å². The molecule has 0 saturated carbocycles. The Morgan fingerprint density at radius 3 is 2.43 bits per heavy atom. The fourth-order valence-electron chi connectivity index (χ4n) is 2.03. The first kappa shape index (κ1) is 13.6. The Hall–Kier alpha value is -2.33. The quantitative estimate of drug-likeness (QED) is 0.868. The third kappa shape index (κ3) is 3.23. The lowest BCUT2D eigenvalue weighted by atomic mass is 10.1. The zero-order valence-corrected chi connectivity index (χ0v) is 11.9. The normalized spacial score (nSPS) is 16.0. The van der Waals surface area contributed by atoms with Gasteiger partial charge in [0.15, 0.2) is 0 Å². The van der Waals surface area contributed by atoms with Crippen LogP contribution in [0.15, 0.2) is 76.7 Å². The molecular formula is C17H12FNOS. The molecule has 1 N–H and O–H groups in total. The van der Waals surface area contributed by atoms with Crippen molar-refractivity contribution < 1.29 is 9.18 Å². The van der Waals surface area contributed by atoms with Crippen molar-refractivity contribution in [2.75, 3.05) is 0 Å². The predicted octanol–water partition coefficient (Wildman–Crippen LogP) is 3.97. The number of carbonyl (C=O) groups is 1. The molecule has 0 bridgehead atoms. The molecule has 2 nitrogen and oxygen atoms in total. The van der Waals surface area contributed by atoms with E-state index in [0.717, 1.165) is 21.7 Å². The van der Waals surface area contributed by atoms with E-state index in [1.807, 2.05) is 35.7 Å². The van der Waals surface area contributed by atoms with Crippen molar-refractivity contribution in [1.82, 2.24) is 5.32 Å². The standard InChI is InChI=1S/C17H12FNOS/c18-13-8-6-12(7-9-13)15-10-17(20)19-16(15)11-21-14-4-2-1-3-5-14/h1-11H,(H,19,20)/b16-11-. The maximum Gasteiger partial charge on any atom is 0.249 e. The monoisotopic (exact) mass is 297 g/mol. The maximum atomic E-state index is 13.0. The summed E-state index contributed by atoms with van der Waals surface area (Å²) in [5.41, 5.74) is 2.33. The summed E-state index contributed by atoms with van der Waals surface area (Å²) in [6, 6.07) is 16.0. The van der Waals surface area contributed by atoms with E-state index >= 15 is 0 Å². The van der Waals surface area contributed by atoms with E-state index in [4.69, 9.17) is 0 Å². The number of carbonyl (C=O) groups excluding carboxylic acids is 1. The highest BCUT2D eigenvalue weighted by Gasteiger charge is 2.18. The van der Waals surface area contributed by atoms with Crippen molar-refractivity contribution in [1.29, 1.82) is 0 Å². The van der Waals surface area contributed by atoms with Crippen molar-refractivity contribution in [2.45, 2.75) is 4.90 Å². The molecule has 2 aromatic rings. The van der Waals surface area contributed by atoms with E-state index in [-0.39, 0.29) is 11.7 Å². The second-order valence-corrected chi connectivity index (χ2v) is 5.46. The molecule has 21 heavy (non-hydrogen) atoms. The summed E-state index contributed by atoms with van der Waals surface area (Å²) in [5, 5.41) is 4.70. The lowest BCUT2D eigenvalue weighted by molar-refractivity contribution is -0.115. The molecule has 3 rings (SSSR count). The lowest BCUT2D eigenvalue weighted by Gasteiger charge is -2.06. The van der Waals surface area contributed by atoms with Gasteiger partial charge in [0.2, 0.25) is 5.91 Å². The summed E-state index contributed by atoms with van der Waals surface area (Å²) in [6.07, 6.45) is 1.53. The Kier molecular flexibility index (Phi) is 3.88. The molecule has 0 radical (unpaired) electrons. The fraction of sp³-hybridized carbons (Fsp3) is 0. The summed E-state index contributed by atoms with van der Waals surface area (Å²) >= 11 is 1.53. The topological polar surface area (TPSA) is 29.1 Å². The molecule has 0 aliphatic carbocycles. The zero-order chi connectivity index (χ0) is 14.7. The summed E-state index contributed by atoms with van der Waals surface area (Å²) in [6.45, 7) is 0. The van der Waals surface area contributed by atoms with Crippen LogP contribution < -0.4 is 5.32 Å². The first-order valence-corrected chi connectivity index (χ1v) is 7.31. The van der Waals surface area contributed by atoms with Gasteiger partial charge in [-0.05, 0) is 29.8 Å². The van der Waals surface area contributed by atoms with Gasteiger partial charge in [-0.3, -0.25) is 4.79 Å². The van der Waals surface area contributed by atoms with Gasteiger partial charge in [-0.1, -0.05) is 42.1 Å². The van der Waals surface area contributed by atoms with Crippen LogP contribution in [-0.2, 0) is 4.79 Å². The lowest BCUT2D eigenvalue weighted by Crippen LogP contribution is -2.13. The van der Waals surface area contributed by atoms with Crippen molar-refractivity contribution in [2.24, 2.45) is 0 Å². The second kappa shape index (κ2) is 5.97. The maximum absolute atomic E-state index is 13.0. The van der Waals surface area contributed by atoms with E-state index in [0.29, 0.717) is 0 Å². The minimum atomic E-state index is -0.291. The Morgan fingerprint density at radius 2 is 1.71 bits per heavy atom. The number of hydrogen-bond donors (Lipinski definition) is 1. The number of hydrogen-bond acceptors (Lipinski definition) is 2. The van der Waals surface area contributed by atoms with Crippen molar-refractivity contribution in [3.05, 3.63) is 83.2 Å². The highest BCUT2D eigenvalue weighted by molar-refractivity contribution is 8.02. The molecule has 1 aliphatic heterocycles. The average Bonchev–Trinajstić information content (AvgIpc) is 2.88. The van der Waals surface area contributed by atoms with Crippen LogP contribution in [0, 0.1) is 5.82 Å². The summed E-state index contributed by atoms with van der Waals surface area (Å²) in [4.78, 5) is 12.7. The van der Waals surface area contributed by atoms with Gasteiger partial charge in [0, 0.05) is 22.0 Å². The Bertz CT molecular complexity index is 720. The Balaban J connectivity index is 1.86. The molecule has 1 aliphatic rings. The van der Waals surface area contributed by atoms with Crippen LogP contribution in [0.3, 0.4) is 0 Å². The molecule has 2 aromatic carbocycles. The van der Waals surface area contributed by atoms with E-state index in [9.17, 15) is 9.18 Å². The smallest absolute Gasteiger partial charge is 0.249 e. The number of allylic oxidation sites excluding steroid dienone is 1. The molecule has 0 atom stereocenters. The SMILES string of the molecule is O=C1C=C(c2ccc(F)cc2)/C(=C/Sc2ccccc2)N1. The first-order chi connectivity index (χ1) is 10.2. The predicted molar refractivity (Wildman–Crippen MR) is 82.9 cm³/mol. The first-order valence-electron chi connectivity index (χ1n) is 6.43. The Labute approximate surface area is 126 Å². The van der Waals surface area contributed by atoms with Crippen molar-refractivity contribution >= 4 is 23.2 Å². The van der Waals surface area contributed by atoms with Gasteiger partial charge in [-0.2, -0.15) is 0 Å². The van der Waals surface area contributed by atoms with E-state index in [1.165, 1.54) is 30.0 Å². The molecule has 0 aromatic heterocycles. The molecule has 0 saturated heterocycles. The van der Waals surface area contributed by atoms with E-state index in [1.54, 1.807) is 12.1 Å². The van der Waals surface area contributed by atoms with E-state index in [2.05, 4.69) is 5.32 Å². The summed E-state index contributed by atoms with van der Waals surface area (Å²) < 4.78 is 13.0. The minimum Gasteiger partial charge on any atom is -0.321 e. The van der Waals surface area contributed by atoms with Crippen molar-refractivity contribution in [3.63, 3.8) is 0 Å². The molecule has 0 spiro atoms. The van der Waals surface area contributed by atoms with Crippen LogP contribution in [0.1, 0.15) is 5.56 Å². The Morgan fingerprint density at radius 1 is 1.00 bits per heavy atom. The third-order valence-corrected chi connectivity index (χ3v) is 3.93. The average molecular weight is 297 g/mol. The number of benzene rings is 2. The van der Waals surface area contributed by atoms with Gasteiger partial charge in [0.05, 0.1) is 5.70 Å². The zero-order valence-electron chi connectivity index (χ0n) is 11.0. The van der Waals surface area contributed by atoms with Crippen LogP contribution in [-0.4, -0.2) is 5.91 Å². The third-order valence-electron chi connectivity index (χ3n) is 3.03. The van der Waals surface area contributed by atoms with Gasteiger partial charge in [0.25, 0.3) is 0 Å². The molecular weight excluding hydrogens is 285 g/mol. The highest BCUT2D eigenvalue weighted by atomic mass is 32.2. The highest BCUT2D eigenvalue weighted by Crippen LogP contribution is 2.29. The van der Waals surface area contributed by atoms with Crippen LogP contribution in [0.25, 0.3) is 5.57 Å². The molecule has 0 fully saturated rings. The molecule has 0 unspecified atom stereocenters. The number of thioether (sulfide) groups is 1. The number of amides is 1. The molecule has 1 amide bonds. The van der Waals surface area contributed by atoms with Gasteiger partial charge < -0.3 is 5.32 Å². The molecule has 4 heteroatoms. The van der Waals surface area contributed by atoms with E-state index < -0.39 is 0 Å². The molecule has 1 heterocycles. The second-order valence-electron chi connectivity index (χ2n) is 4.52. The minimum absolute atomic E-state index is 0.158. The van der Waals surface area contributed by atoms with Gasteiger partial charge >= 0.3 is 0 Å². The van der Waals surface area contributed by atoms with Gasteiger partial charge in [0.1, 0.15) is 5.82 Å². The number of nitrogens with one attached hydrogen (secondary N) is 1. The largest absolute Gasteiger partial charge is 0.321 e. The number of halogens is 1. The van der Waals surface area contributed by atoms with Crippen LogP contribution in [0.4, 0.5) is 4.39 Å². The summed E-state index contributed by atoms with van der Waals surface area (Å²) in [7, 11) is 0. The van der Waals surface area contributed by atoms with Gasteiger partial charge in [-0.25, -0.2) is 4.39 Å². The van der Waals surface area contributed by atoms with Crippen LogP contribution in [0.5, 0.6) is 0 Å². The molecule has 104 valence electrons. The van der Waals surface area contributed by atoms with Gasteiger partial charge in [-0.15, -0.1) is 0 Å². The van der Waals surface area contributed by atoms with Crippen LogP contribution >= 0.6 is 11.8 Å². The van der Waals surface area contributed by atoms with Crippen LogP contribution in [0.2, 0.25) is 0 Å². The number of rotatable bonds is 3. The summed E-state index contributed by atoms with van der Waals surface area (Å²) in [5.74, 6) is -0.449.